The average molecular weight is 293 g/mol. The lowest BCUT2D eigenvalue weighted by atomic mass is 10.0. The van der Waals surface area contributed by atoms with Gasteiger partial charge in [-0.1, -0.05) is 11.6 Å². The summed E-state index contributed by atoms with van der Waals surface area (Å²) in [7, 11) is 1.56. The zero-order chi connectivity index (χ0) is 15.7. The van der Waals surface area contributed by atoms with Crippen LogP contribution in [0.4, 0.5) is 0 Å². The Bertz CT molecular complexity index is 908. The lowest BCUT2D eigenvalue weighted by Gasteiger charge is -2.05. The van der Waals surface area contributed by atoms with Crippen LogP contribution in [0.1, 0.15) is 21.5 Å². The highest BCUT2D eigenvalue weighted by Gasteiger charge is 2.15. The van der Waals surface area contributed by atoms with Gasteiger partial charge < -0.3 is 9.72 Å². The summed E-state index contributed by atoms with van der Waals surface area (Å²) < 4.78 is 5.07. The molecular formula is C18H15NO3. The monoisotopic (exact) mass is 293 g/mol. The SMILES string of the molecule is COc1ccc(C(=O)c2c[nH]c3ccc(C)cc3c2=O)cc1. The molecule has 0 aliphatic carbocycles. The van der Waals surface area contributed by atoms with E-state index in [9.17, 15) is 9.59 Å². The summed E-state index contributed by atoms with van der Waals surface area (Å²) in [5.74, 6) is 0.368. The first-order chi connectivity index (χ1) is 10.6. The number of nitrogens with one attached hydrogen (secondary N) is 1. The van der Waals surface area contributed by atoms with Crippen molar-refractivity contribution in [2.45, 2.75) is 6.92 Å². The number of hydrogen-bond acceptors (Lipinski definition) is 3. The maximum absolute atomic E-state index is 12.6. The molecule has 0 fully saturated rings. The van der Waals surface area contributed by atoms with Gasteiger partial charge in [-0.05, 0) is 43.3 Å². The second-order valence-corrected chi connectivity index (χ2v) is 5.14. The van der Waals surface area contributed by atoms with Crippen molar-refractivity contribution in [2.75, 3.05) is 7.11 Å². The van der Waals surface area contributed by atoms with E-state index in [1.807, 2.05) is 19.1 Å². The third-order valence-corrected chi connectivity index (χ3v) is 3.63. The highest BCUT2D eigenvalue weighted by molar-refractivity contribution is 6.10. The van der Waals surface area contributed by atoms with E-state index >= 15 is 0 Å². The number of ketones is 1. The van der Waals surface area contributed by atoms with Crippen LogP contribution in [0.25, 0.3) is 10.9 Å². The first kappa shape index (κ1) is 14.1. The number of fused-ring (bicyclic) bond motifs is 1. The van der Waals surface area contributed by atoms with Crippen LogP contribution in [0.15, 0.2) is 53.5 Å². The molecule has 0 aliphatic rings. The Labute approximate surface area is 127 Å². The van der Waals surface area contributed by atoms with Crippen LogP contribution in [0.2, 0.25) is 0 Å². The number of pyridine rings is 1. The van der Waals surface area contributed by atoms with Crippen LogP contribution >= 0.6 is 0 Å². The van der Waals surface area contributed by atoms with Crippen molar-refractivity contribution in [3.8, 4) is 5.75 Å². The molecule has 110 valence electrons. The summed E-state index contributed by atoms with van der Waals surface area (Å²) in [6, 6.07) is 12.3. The Morgan fingerprint density at radius 1 is 1.09 bits per heavy atom. The Kier molecular flexibility index (Phi) is 3.51. The number of ether oxygens (including phenoxy) is 1. The maximum Gasteiger partial charge on any atom is 0.200 e. The molecule has 1 aromatic heterocycles. The summed E-state index contributed by atoms with van der Waals surface area (Å²) in [6.07, 6.45) is 1.48. The molecule has 1 N–H and O–H groups in total. The zero-order valence-corrected chi connectivity index (χ0v) is 12.3. The summed E-state index contributed by atoms with van der Waals surface area (Å²) in [4.78, 5) is 28.1. The van der Waals surface area contributed by atoms with Gasteiger partial charge in [-0.3, -0.25) is 9.59 Å². The van der Waals surface area contributed by atoms with Crippen molar-refractivity contribution in [3.05, 3.63) is 75.6 Å². The van der Waals surface area contributed by atoms with Crippen LogP contribution in [-0.2, 0) is 0 Å². The molecule has 0 bridgehead atoms. The van der Waals surface area contributed by atoms with Crippen molar-refractivity contribution in [3.63, 3.8) is 0 Å². The molecule has 4 nitrogen and oxygen atoms in total. The molecule has 0 unspecified atom stereocenters. The number of methoxy groups -OCH3 is 1. The highest BCUT2D eigenvalue weighted by atomic mass is 16.5. The minimum Gasteiger partial charge on any atom is -0.497 e. The molecular weight excluding hydrogens is 278 g/mol. The number of benzene rings is 2. The first-order valence-corrected chi connectivity index (χ1v) is 6.91. The number of aromatic nitrogens is 1. The van der Waals surface area contributed by atoms with Gasteiger partial charge in [-0.15, -0.1) is 0 Å². The number of aromatic amines is 1. The lowest BCUT2D eigenvalue weighted by molar-refractivity contribution is 0.103. The van der Waals surface area contributed by atoms with Crippen LogP contribution in [0, 0.1) is 6.92 Å². The molecule has 4 heteroatoms. The molecule has 0 spiro atoms. The van der Waals surface area contributed by atoms with E-state index in [1.165, 1.54) is 6.20 Å². The number of carbonyl (C=O) groups is 1. The van der Waals surface area contributed by atoms with Gasteiger partial charge in [0.25, 0.3) is 0 Å². The number of hydrogen-bond donors (Lipinski definition) is 1. The second kappa shape index (κ2) is 5.48. The number of aryl methyl sites for hydroxylation is 1. The fourth-order valence-electron chi connectivity index (χ4n) is 2.40. The molecule has 3 aromatic rings. The first-order valence-electron chi connectivity index (χ1n) is 6.91. The van der Waals surface area contributed by atoms with Crippen molar-refractivity contribution in [2.24, 2.45) is 0 Å². The van der Waals surface area contributed by atoms with Gasteiger partial charge in [0.1, 0.15) is 5.75 Å². The molecule has 0 amide bonds. The number of carbonyl (C=O) groups excluding carboxylic acids is 1. The molecule has 1 heterocycles. The molecule has 0 radical (unpaired) electrons. The zero-order valence-electron chi connectivity index (χ0n) is 12.3. The number of rotatable bonds is 3. The molecule has 22 heavy (non-hydrogen) atoms. The van der Waals surface area contributed by atoms with Gasteiger partial charge in [0.15, 0.2) is 5.78 Å². The van der Waals surface area contributed by atoms with E-state index in [-0.39, 0.29) is 16.8 Å². The lowest BCUT2D eigenvalue weighted by Crippen LogP contribution is -2.16. The molecule has 0 aliphatic heterocycles. The Morgan fingerprint density at radius 3 is 2.50 bits per heavy atom. The van der Waals surface area contributed by atoms with E-state index in [1.54, 1.807) is 37.4 Å². The predicted molar refractivity (Wildman–Crippen MR) is 85.7 cm³/mol. The van der Waals surface area contributed by atoms with E-state index in [0.717, 1.165) is 11.1 Å². The van der Waals surface area contributed by atoms with Crippen molar-refractivity contribution < 1.29 is 9.53 Å². The topological polar surface area (TPSA) is 59.2 Å². The third-order valence-electron chi connectivity index (χ3n) is 3.63. The largest absolute Gasteiger partial charge is 0.497 e. The maximum atomic E-state index is 12.6. The minimum atomic E-state index is -0.299. The van der Waals surface area contributed by atoms with Gasteiger partial charge in [0, 0.05) is 22.7 Å². The minimum absolute atomic E-state index is 0.142. The van der Waals surface area contributed by atoms with Crippen molar-refractivity contribution in [1.82, 2.24) is 4.98 Å². The summed E-state index contributed by atoms with van der Waals surface area (Å²) >= 11 is 0. The smallest absolute Gasteiger partial charge is 0.200 e. The average Bonchev–Trinajstić information content (AvgIpc) is 2.55. The van der Waals surface area contributed by atoms with Gasteiger partial charge in [-0.25, -0.2) is 0 Å². The van der Waals surface area contributed by atoms with Crippen molar-refractivity contribution >= 4 is 16.7 Å². The molecule has 3 rings (SSSR count). The second-order valence-electron chi connectivity index (χ2n) is 5.14. The molecule has 0 saturated heterocycles. The van der Waals surface area contributed by atoms with Crippen LogP contribution in [0.3, 0.4) is 0 Å². The highest BCUT2D eigenvalue weighted by Crippen LogP contribution is 2.15. The summed E-state index contributed by atoms with van der Waals surface area (Å²) in [5.41, 5.74) is 2.05. The van der Waals surface area contributed by atoms with Crippen molar-refractivity contribution in [1.29, 1.82) is 0 Å². The van der Waals surface area contributed by atoms with Gasteiger partial charge >= 0.3 is 0 Å². The van der Waals surface area contributed by atoms with Gasteiger partial charge in [0.05, 0.1) is 12.7 Å². The standard InChI is InChI=1S/C18H15NO3/c1-11-3-8-16-14(9-11)18(21)15(10-19-16)17(20)12-4-6-13(22-2)7-5-12/h3-10H,1-2H3,(H,19,21). The van der Waals surface area contributed by atoms with Gasteiger partial charge in [0.2, 0.25) is 5.43 Å². The molecule has 0 saturated carbocycles. The number of H-pyrrole nitrogens is 1. The Morgan fingerprint density at radius 2 is 1.82 bits per heavy atom. The van der Waals surface area contributed by atoms with E-state index in [0.29, 0.717) is 16.7 Å². The van der Waals surface area contributed by atoms with Gasteiger partial charge in [-0.2, -0.15) is 0 Å². The Hall–Kier alpha value is -2.88. The van der Waals surface area contributed by atoms with E-state index < -0.39 is 0 Å². The fourth-order valence-corrected chi connectivity index (χ4v) is 2.40. The van der Waals surface area contributed by atoms with Crippen LogP contribution in [-0.4, -0.2) is 17.9 Å². The summed E-state index contributed by atoms with van der Waals surface area (Å²) in [5, 5.41) is 0.527. The van der Waals surface area contributed by atoms with E-state index in [4.69, 9.17) is 4.74 Å². The Balaban J connectivity index is 2.10. The molecule has 0 atom stereocenters. The van der Waals surface area contributed by atoms with Crippen LogP contribution in [0.5, 0.6) is 5.75 Å². The third kappa shape index (κ3) is 2.39. The normalized spacial score (nSPS) is 10.6. The van der Waals surface area contributed by atoms with Crippen LogP contribution < -0.4 is 10.2 Å². The summed E-state index contributed by atoms with van der Waals surface area (Å²) in [6.45, 7) is 1.91. The molecule has 2 aromatic carbocycles. The fraction of sp³-hybridized carbons (Fsp3) is 0.111. The van der Waals surface area contributed by atoms with E-state index in [2.05, 4.69) is 4.98 Å². The predicted octanol–water partition coefficient (Wildman–Crippen LogP) is 3.08. The quantitative estimate of drug-likeness (QED) is 0.755.